The van der Waals surface area contributed by atoms with Crippen LogP contribution in [0.25, 0.3) is 10.6 Å². The van der Waals surface area contributed by atoms with Crippen LogP contribution in [0.1, 0.15) is 24.4 Å². The first-order valence-corrected chi connectivity index (χ1v) is 8.30. The summed E-state index contributed by atoms with van der Waals surface area (Å²) in [5.41, 5.74) is 2.72. The molecule has 1 aromatic carbocycles. The number of nitrogens with zero attached hydrogens (tertiary/aromatic N) is 2. The minimum absolute atomic E-state index is 0.0481. The van der Waals surface area contributed by atoms with Gasteiger partial charge in [0, 0.05) is 17.1 Å². The first-order chi connectivity index (χ1) is 11.2. The zero-order valence-electron chi connectivity index (χ0n) is 12.8. The highest BCUT2D eigenvalue weighted by Gasteiger charge is 2.13. The van der Waals surface area contributed by atoms with Gasteiger partial charge in [0.2, 0.25) is 5.91 Å². The molecule has 3 aromatic rings. The summed E-state index contributed by atoms with van der Waals surface area (Å²) < 4.78 is 0. The molecule has 5 heteroatoms. The van der Waals surface area contributed by atoms with Gasteiger partial charge in [0.15, 0.2) is 0 Å². The van der Waals surface area contributed by atoms with Crippen molar-refractivity contribution >= 4 is 17.2 Å². The number of pyridine rings is 1. The van der Waals surface area contributed by atoms with Gasteiger partial charge in [0.05, 0.1) is 23.9 Å². The summed E-state index contributed by atoms with van der Waals surface area (Å²) in [6.07, 6.45) is 2.01. The molecule has 0 radical (unpaired) electrons. The van der Waals surface area contributed by atoms with Gasteiger partial charge >= 0.3 is 0 Å². The first-order valence-electron chi connectivity index (χ1n) is 7.42. The predicted octanol–water partition coefficient (Wildman–Crippen LogP) is 3.63. The average molecular weight is 323 g/mol. The molecule has 0 aliphatic carbocycles. The van der Waals surface area contributed by atoms with E-state index in [4.69, 9.17) is 0 Å². The normalized spacial score (nSPS) is 11.9. The second kappa shape index (κ2) is 7.15. The molecule has 23 heavy (non-hydrogen) atoms. The Morgan fingerprint density at radius 1 is 1.17 bits per heavy atom. The summed E-state index contributed by atoms with van der Waals surface area (Å²) >= 11 is 1.56. The summed E-state index contributed by atoms with van der Waals surface area (Å²) in [7, 11) is 0. The molecule has 0 unspecified atom stereocenters. The lowest BCUT2D eigenvalue weighted by Crippen LogP contribution is -2.28. The van der Waals surface area contributed by atoms with Gasteiger partial charge in [-0.1, -0.05) is 36.4 Å². The van der Waals surface area contributed by atoms with Gasteiger partial charge in [-0.3, -0.25) is 9.78 Å². The summed E-state index contributed by atoms with van der Waals surface area (Å²) in [5, 5.41) is 5.83. The Bertz CT molecular complexity index is 771. The third kappa shape index (κ3) is 4.02. The highest BCUT2D eigenvalue weighted by atomic mass is 32.1. The lowest BCUT2D eigenvalue weighted by molar-refractivity contribution is -0.121. The van der Waals surface area contributed by atoms with E-state index < -0.39 is 0 Å². The van der Waals surface area contributed by atoms with Gasteiger partial charge in [0.25, 0.3) is 0 Å². The SMILES string of the molecule is C[C@@H](NC(=O)Cc1csc(-c2ccccc2)n1)c1ccccn1. The van der Waals surface area contributed by atoms with E-state index in [0.29, 0.717) is 0 Å². The summed E-state index contributed by atoms with van der Waals surface area (Å²) in [5.74, 6) is -0.0481. The van der Waals surface area contributed by atoms with E-state index in [2.05, 4.69) is 15.3 Å². The Morgan fingerprint density at radius 2 is 1.96 bits per heavy atom. The smallest absolute Gasteiger partial charge is 0.226 e. The van der Waals surface area contributed by atoms with Crippen LogP contribution >= 0.6 is 11.3 Å². The second-order valence-electron chi connectivity index (χ2n) is 5.23. The first kappa shape index (κ1) is 15.4. The number of hydrogen-bond donors (Lipinski definition) is 1. The number of carbonyl (C=O) groups is 1. The number of hydrogen-bond acceptors (Lipinski definition) is 4. The molecular formula is C18H17N3OS. The molecule has 4 nitrogen and oxygen atoms in total. The lowest BCUT2D eigenvalue weighted by Gasteiger charge is -2.12. The molecule has 2 aromatic heterocycles. The zero-order valence-corrected chi connectivity index (χ0v) is 13.6. The molecule has 0 spiro atoms. The van der Waals surface area contributed by atoms with Gasteiger partial charge in [-0.05, 0) is 19.1 Å². The van der Waals surface area contributed by atoms with Crippen molar-refractivity contribution in [2.24, 2.45) is 0 Å². The Hall–Kier alpha value is -2.53. The van der Waals surface area contributed by atoms with Crippen molar-refractivity contribution in [2.45, 2.75) is 19.4 Å². The topological polar surface area (TPSA) is 54.9 Å². The molecule has 0 saturated carbocycles. The summed E-state index contributed by atoms with van der Waals surface area (Å²) in [6.45, 7) is 1.93. The van der Waals surface area contributed by atoms with Crippen molar-refractivity contribution < 1.29 is 4.79 Å². The molecule has 0 bridgehead atoms. The third-order valence-corrected chi connectivity index (χ3v) is 4.36. The number of aromatic nitrogens is 2. The van der Waals surface area contributed by atoms with Crippen LogP contribution < -0.4 is 5.32 Å². The lowest BCUT2D eigenvalue weighted by atomic mass is 10.2. The monoisotopic (exact) mass is 323 g/mol. The predicted molar refractivity (Wildman–Crippen MR) is 92.0 cm³/mol. The van der Waals surface area contributed by atoms with Crippen molar-refractivity contribution in [1.82, 2.24) is 15.3 Å². The van der Waals surface area contributed by atoms with Crippen molar-refractivity contribution in [1.29, 1.82) is 0 Å². The molecule has 3 rings (SSSR count). The quantitative estimate of drug-likeness (QED) is 0.780. The van der Waals surface area contributed by atoms with E-state index in [-0.39, 0.29) is 18.4 Å². The fourth-order valence-electron chi connectivity index (χ4n) is 2.26. The molecule has 0 aliphatic rings. The van der Waals surface area contributed by atoms with Crippen LogP contribution in [0, 0.1) is 0 Å². The van der Waals surface area contributed by atoms with Gasteiger partial charge in [-0.25, -0.2) is 4.98 Å². The standard InChI is InChI=1S/C18H17N3OS/c1-13(16-9-5-6-10-19-16)20-17(22)11-15-12-23-18(21-15)14-7-3-2-4-8-14/h2-10,12-13H,11H2,1H3,(H,20,22)/t13-/m1/s1. The minimum Gasteiger partial charge on any atom is -0.348 e. The molecule has 1 amide bonds. The number of rotatable bonds is 5. The Kier molecular flexibility index (Phi) is 4.78. The highest BCUT2D eigenvalue weighted by molar-refractivity contribution is 7.13. The van der Waals surface area contributed by atoms with E-state index in [1.165, 1.54) is 0 Å². The second-order valence-corrected chi connectivity index (χ2v) is 6.09. The van der Waals surface area contributed by atoms with Crippen LogP contribution in [-0.4, -0.2) is 15.9 Å². The van der Waals surface area contributed by atoms with E-state index in [0.717, 1.165) is 22.0 Å². The number of benzene rings is 1. The van der Waals surface area contributed by atoms with Crippen molar-refractivity contribution in [2.75, 3.05) is 0 Å². The fraction of sp³-hybridized carbons (Fsp3) is 0.167. The van der Waals surface area contributed by atoms with Crippen LogP contribution in [0.2, 0.25) is 0 Å². The number of amides is 1. The number of carbonyl (C=O) groups excluding carboxylic acids is 1. The molecule has 0 aliphatic heterocycles. The van der Waals surface area contributed by atoms with Crippen LogP contribution in [0.15, 0.2) is 60.1 Å². The third-order valence-electron chi connectivity index (χ3n) is 3.42. The maximum atomic E-state index is 12.2. The fourth-order valence-corrected chi connectivity index (χ4v) is 3.09. The molecule has 1 atom stereocenters. The van der Waals surface area contributed by atoms with Crippen molar-refractivity contribution in [3.63, 3.8) is 0 Å². The number of thiazole rings is 1. The van der Waals surface area contributed by atoms with Crippen LogP contribution in [0.3, 0.4) is 0 Å². The number of nitrogens with one attached hydrogen (secondary N) is 1. The largest absolute Gasteiger partial charge is 0.348 e. The maximum absolute atomic E-state index is 12.2. The van der Waals surface area contributed by atoms with Crippen LogP contribution in [0.4, 0.5) is 0 Å². The van der Waals surface area contributed by atoms with Gasteiger partial charge in [0.1, 0.15) is 5.01 Å². The highest BCUT2D eigenvalue weighted by Crippen LogP contribution is 2.23. The Labute approximate surface area is 139 Å². The van der Waals surface area contributed by atoms with Gasteiger partial charge in [-0.15, -0.1) is 11.3 Å². The molecule has 0 saturated heterocycles. The van der Waals surface area contributed by atoms with Gasteiger partial charge in [-0.2, -0.15) is 0 Å². The van der Waals surface area contributed by atoms with Gasteiger partial charge < -0.3 is 5.32 Å². The van der Waals surface area contributed by atoms with Crippen molar-refractivity contribution in [3.8, 4) is 10.6 Å². The summed E-state index contributed by atoms with van der Waals surface area (Å²) in [6, 6.07) is 15.5. The molecule has 1 N–H and O–H groups in total. The van der Waals surface area contributed by atoms with E-state index in [1.54, 1.807) is 17.5 Å². The molecule has 116 valence electrons. The van der Waals surface area contributed by atoms with E-state index in [9.17, 15) is 4.79 Å². The maximum Gasteiger partial charge on any atom is 0.226 e. The molecule has 0 fully saturated rings. The Morgan fingerprint density at radius 3 is 2.70 bits per heavy atom. The zero-order chi connectivity index (χ0) is 16.1. The van der Waals surface area contributed by atoms with Crippen LogP contribution in [-0.2, 0) is 11.2 Å². The minimum atomic E-state index is -0.115. The summed E-state index contributed by atoms with van der Waals surface area (Å²) in [4.78, 5) is 21.0. The molecular weight excluding hydrogens is 306 g/mol. The van der Waals surface area contributed by atoms with Crippen LogP contribution in [0.5, 0.6) is 0 Å². The van der Waals surface area contributed by atoms with E-state index in [1.807, 2.05) is 60.8 Å². The Balaban J connectivity index is 1.61. The molecule has 2 heterocycles. The van der Waals surface area contributed by atoms with Crippen molar-refractivity contribution in [3.05, 3.63) is 71.5 Å². The van der Waals surface area contributed by atoms with E-state index >= 15 is 0 Å². The average Bonchev–Trinajstić information content (AvgIpc) is 3.04.